The Labute approximate surface area is 96.8 Å². The lowest BCUT2D eigenvalue weighted by molar-refractivity contribution is -0.120. The van der Waals surface area contributed by atoms with Crippen molar-refractivity contribution in [1.29, 1.82) is 0 Å². The minimum absolute atomic E-state index is 0.0647. The van der Waals surface area contributed by atoms with Gasteiger partial charge in [0.05, 0.1) is 12.6 Å². The molecule has 16 heavy (non-hydrogen) atoms. The zero-order chi connectivity index (χ0) is 11.4. The molecule has 0 heterocycles. The Morgan fingerprint density at radius 1 is 1.25 bits per heavy atom. The highest BCUT2D eigenvalue weighted by molar-refractivity contribution is 5.78. The number of aliphatic hydroxyl groups is 1. The fourth-order valence-corrected chi connectivity index (χ4v) is 2.33. The van der Waals surface area contributed by atoms with Crippen LogP contribution in [-0.4, -0.2) is 36.2 Å². The Morgan fingerprint density at radius 3 is 2.56 bits per heavy atom. The molecule has 0 aromatic carbocycles. The number of rotatable bonds is 6. The first-order chi connectivity index (χ1) is 7.75. The SMILES string of the molecule is O=C(CNCC(O)C1CC1)NC1CCCC1. The summed E-state index contributed by atoms with van der Waals surface area (Å²) in [6.07, 6.45) is 6.72. The third-order valence-corrected chi connectivity index (χ3v) is 3.53. The van der Waals surface area contributed by atoms with E-state index in [0.29, 0.717) is 25.0 Å². The lowest BCUT2D eigenvalue weighted by atomic mass is 10.2. The number of nitrogens with one attached hydrogen (secondary N) is 2. The molecule has 0 spiro atoms. The van der Waals surface area contributed by atoms with Gasteiger partial charge in [-0.05, 0) is 31.6 Å². The van der Waals surface area contributed by atoms with Gasteiger partial charge in [-0.15, -0.1) is 0 Å². The van der Waals surface area contributed by atoms with Gasteiger partial charge in [-0.3, -0.25) is 4.79 Å². The molecule has 2 aliphatic carbocycles. The molecular weight excluding hydrogens is 204 g/mol. The van der Waals surface area contributed by atoms with Crippen LogP contribution in [0.15, 0.2) is 0 Å². The summed E-state index contributed by atoms with van der Waals surface area (Å²) in [6.45, 7) is 0.878. The van der Waals surface area contributed by atoms with Crippen molar-refractivity contribution in [3.63, 3.8) is 0 Å². The van der Waals surface area contributed by atoms with E-state index >= 15 is 0 Å². The zero-order valence-electron chi connectivity index (χ0n) is 9.74. The Kier molecular flexibility index (Phi) is 4.18. The summed E-state index contributed by atoms with van der Waals surface area (Å²) in [5.74, 6) is 0.542. The van der Waals surface area contributed by atoms with E-state index < -0.39 is 0 Å². The average molecular weight is 226 g/mol. The summed E-state index contributed by atoms with van der Waals surface area (Å²) >= 11 is 0. The molecule has 92 valence electrons. The van der Waals surface area contributed by atoms with E-state index in [-0.39, 0.29) is 12.0 Å². The molecule has 3 N–H and O–H groups in total. The molecule has 1 amide bonds. The Morgan fingerprint density at radius 2 is 1.94 bits per heavy atom. The quantitative estimate of drug-likeness (QED) is 0.614. The van der Waals surface area contributed by atoms with Gasteiger partial charge < -0.3 is 15.7 Å². The Bertz CT molecular complexity index is 235. The summed E-state index contributed by atoms with van der Waals surface area (Å²) < 4.78 is 0. The third kappa shape index (κ3) is 3.76. The molecule has 2 rings (SSSR count). The Balaban J connectivity index is 1.52. The number of hydrogen-bond acceptors (Lipinski definition) is 3. The average Bonchev–Trinajstić information content (AvgIpc) is 2.99. The van der Waals surface area contributed by atoms with Gasteiger partial charge in [-0.1, -0.05) is 12.8 Å². The molecule has 2 fully saturated rings. The van der Waals surface area contributed by atoms with Crippen molar-refractivity contribution in [2.24, 2.45) is 5.92 Å². The van der Waals surface area contributed by atoms with Crippen molar-refractivity contribution >= 4 is 5.91 Å². The largest absolute Gasteiger partial charge is 0.392 e. The molecule has 4 heteroatoms. The molecule has 0 aromatic rings. The van der Waals surface area contributed by atoms with Crippen LogP contribution in [0.1, 0.15) is 38.5 Å². The standard InChI is InChI=1S/C12H22N2O2/c15-11(9-5-6-9)7-13-8-12(16)14-10-3-1-2-4-10/h9-11,13,15H,1-8H2,(H,14,16). The second-order valence-corrected chi connectivity index (χ2v) is 5.08. The molecule has 0 aliphatic heterocycles. The van der Waals surface area contributed by atoms with Gasteiger partial charge in [0.25, 0.3) is 0 Å². The summed E-state index contributed by atoms with van der Waals surface area (Å²) in [6, 6.07) is 0.391. The van der Waals surface area contributed by atoms with Crippen LogP contribution in [0.2, 0.25) is 0 Å². The first-order valence-corrected chi connectivity index (χ1v) is 6.44. The van der Waals surface area contributed by atoms with E-state index in [4.69, 9.17) is 0 Å². The van der Waals surface area contributed by atoms with E-state index in [1.807, 2.05) is 0 Å². The lowest BCUT2D eigenvalue weighted by Gasteiger charge is -2.13. The predicted molar refractivity (Wildman–Crippen MR) is 62.0 cm³/mol. The number of carbonyl (C=O) groups is 1. The zero-order valence-corrected chi connectivity index (χ0v) is 9.74. The van der Waals surface area contributed by atoms with Gasteiger partial charge in [0.15, 0.2) is 0 Å². The van der Waals surface area contributed by atoms with Crippen molar-refractivity contribution in [2.75, 3.05) is 13.1 Å². The van der Waals surface area contributed by atoms with Gasteiger partial charge in [0, 0.05) is 12.6 Å². The smallest absolute Gasteiger partial charge is 0.234 e. The van der Waals surface area contributed by atoms with E-state index in [1.54, 1.807) is 0 Å². The highest BCUT2D eigenvalue weighted by Gasteiger charge is 2.29. The van der Waals surface area contributed by atoms with Crippen molar-refractivity contribution in [2.45, 2.75) is 50.7 Å². The van der Waals surface area contributed by atoms with Gasteiger partial charge >= 0.3 is 0 Å². The number of aliphatic hydroxyl groups excluding tert-OH is 1. The van der Waals surface area contributed by atoms with Crippen molar-refractivity contribution in [3.05, 3.63) is 0 Å². The van der Waals surface area contributed by atoms with Crippen LogP contribution in [0.4, 0.5) is 0 Å². The molecule has 0 bridgehead atoms. The molecule has 0 aromatic heterocycles. The molecule has 0 saturated heterocycles. The maximum Gasteiger partial charge on any atom is 0.234 e. The summed E-state index contributed by atoms with van der Waals surface area (Å²) in [5, 5.41) is 15.6. The molecule has 2 saturated carbocycles. The van der Waals surface area contributed by atoms with E-state index in [9.17, 15) is 9.90 Å². The monoisotopic (exact) mass is 226 g/mol. The molecular formula is C12H22N2O2. The molecule has 4 nitrogen and oxygen atoms in total. The van der Waals surface area contributed by atoms with Crippen LogP contribution >= 0.6 is 0 Å². The highest BCUT2D eigenvalue weighted by atomic mass is 16.3. The second-order valence-electron chi connectivity index (χ2n) is 5.08. The van der Waals surface area contributed by atoms with E-state index in [1.165, 1.54) is 12.8 Å². The van der Waals surface area contributed by atoms with Gasteiger partial charge in [-0.2, -0.15) is 0 Å². The van der Waals surface area contributed by atoms with Gasteiger partial charge in [-0.25, -0.2) is 0 Å². The fourth-order valence-electron chi connectivity index (χ4n) is 2.33. The van der Waals surface area contributed by atoms with Crippen molar-refractivity contribution in [1.82, 2.24) is 10.6 Å². The third-order valence-electron chi connectivity index (χ3n) is 3.53. The maximum absolute atomic E-state index is 11.5. The molecule has 1 atom stereocenters. The second kappa shape index (κ2) is 5.64. The normalized spacial score (nSPS) is 23.3. The minimum Gasteiger partial charge on any atom is -0.392 e. The molecule has 0 radical (unpaired) electrons. The predicted octanol–water partition coefficient (Wildman–Crippen LogP) is 0.406. The summed E-state index contributed by atoms with van der Waals surface area (Å²) in [7, 11) is 0. The first-order valence-electron chi connectivity index (χ1n) is 6.44. The highest BCUT2D eigenvalue weighted by Crippen LogP contribution is 2.32. The van der Waals surface area contributed by atoms with Crippen LogP contribution < -0.4 is 10.6 Å². The van der Waals surface area contributed by atoms with E-state index in [0.717, 1.165) is 25.7 Å². The Hall–Kier alpha value is -0.610. The van der Waals surface area contributed by atoms with Crippen LogP contribution in [-0.2, 0) is 4.79 Å². The summed E-state index contributed by atoms with van der Waals surface area (Å²) in [4.78, 5) is 11.5. The van der Waals surface area contributed by atoms with Crippen LogP contribution in [0.5, 0.6) is 0 Å². The molecule has 2 aliphatic rings. The molecule has 1 unspecified atom stereocenters. The first kappa shape index (κ1) is 11.9. The fraction of sp³-hybridized carbons (Fsp3) is 0.917. The number of carbonyl (C=O) groups excluding carboxylic acids is 1. The number of amides is 1. The summed E-state index contributed by atoms with van der Waals surface area (Å²) in [5.41, 5.74) is 0. The minimum atomic E-state index is -0.265. The van der Waals surface area contributed by atoms with Gasteiger partial charge in [0.1, 0.15) is 0 Å². The van der Waals surface area contributed by atoms with Gasteiger partial charge in [0.2, 0.25) is 5.91 Å². The van der Waals surface area contributed by atoms with Crippen LogP contribution in [0.25, 0.3) is 0 Å². The van der Waals surface area contributed by atoms with Crippen LogP contribution in [0.3, 0.4) is 0 Å². The topological polar surface area (TPSA) is 61.4 Å². The lowest BCUT2D eigenvalue weighted by Crippen LogP contribution is -2.41. The van der Waals surface area contributed by atoms with Crippen molar-refractivity contribution in [3.8, 4) is 0 Å². The van der Waals surface area contributed by atoms with Crippen LogP contribution in [0, 0.1) is 5.92 Å². The maximum atomic E-state index is 11.5. The van der Waals surface area contributed by atoms with Crippen molar-refractivity contribution < 1.29 is 9.90 Å². The van der Waals surface area contributed by atoms with E-state index in [2.05, 4.69) is 10.6 Å². The number of hydrogen-bond donors (Lipinski definition) is 3.